The van der Waals surface area contributed by atoms with E-state index in [0.717, 1.165) is 16.1 Å². The Morgan fingerprint density at radius 2 is 1.82 bits per heavy atom. The standard InChI is InChI=1S/C12H12Cl2N2S/c1-6(2)11-10(16-12(15)17-11)9-7(13)4-3-5-8(9)14/h3-6H,1-2H3,(H2,15,16). The van der Waals surface area contributed by atoms with Gasteiger partial charge >= 0.3 is 0 Å². The molecule has 0 saturated heterocycles. The molecule has 90 valence electrons. The van der Waals surface area contributed by atoms with Gasteiger partial charge in [0.2, 0.25) is 0 Å². The molecular formula is C12H12Cl2N2S. The topological polar surface area (TPSA) is 38.9 Å². The quantitative estimate of drug-likeness (QED) is 0.859. The third-order valence-electron chi connectivity index (χ3n) is 2.39. The Labute approximate surface area is 114 Å². The minimum absolute atomic E-state index is 0.340. The average Bonchev–Trinajstić information content (AvgIpc) is 2.60. The van der Waals surface area contributed by atoms with Crippen molar-refractivity contribution in [1.82, 2.24) is 4.98 Å². The number of halogens is 2. The normalized spacial score (nSPS) is 11.1. The number of rotatable bonds is 2. The maximum atomic E-state index is 6.19. The number of nitrogens with two attached hydrogens (primary N) is 1. The largest absolute Gasteiger partial charge is 0.375 e. The van der Waals surface area contributed by atoms with E-state index in [-0.39, 0.29) is 0 Å². The highest BCUT2D eigenvalue weighted by atomic mass is 35.5. The summed E-state index contributed by atoms with van der Waals surface area (Å²) >= 11 is 13.9. The first-order valence-electron chi connectivity index (χ1n) is 5.21. The molecule has 1 aromatic carbocycles. The molecule has 0 bridgehead atoms. The lowest BCUT2D eigenvalue weighted by molar-refractivity contribution is 0.888. The zero-order valence-corrected chi connectivity index (χ0v) is 11.8. The molecule has 0 aliphatic rings. The minimum atomic E-state index is 0.340. The molecule has 0 spiro atoms. The second-order valence-electron chi connectivity index (χ2n) is 4.02. The van der Waals surface area contributed by atoms with E-state index in [1.807, 2.05) is 18.2 Å². The van der Waals surface area contributed by atoms with E-state index in [0.29, 0.717) is 21.1 Å². The molecule has 0 unspecified atom stereocenters. The molecule has 0 aliphatic heterocycles. The van der Waals surface area contributed by atoms with E-state index in [9.17, 15) is 0 Å². The summed E-state index contributed by atoms with van der Waals surface area (Å²) in [5, 5.41) is 1.74. The van der Waals surface area contributed by atoms with Crippen molar-refractivity contribution < 1.29 is 0 Å². The summed E-state index contributed by atoms with van der Waals surface area (Å²) in [6.45, 7) is 4.20. The Morgan fingerprint density at radius 3 is 2.35 bits per heavy atom. The Kier molecular flexibility index (Phi) is 3.61. The lowest BCUT2D eigenvalue weighted by Gasteiger charge is -2.08. The van der Waals surface area contributed by atoms with E-state index in [4.69, 9.17) is 28.9 Å². The monoisotopic (exact) mass is 286 g/mol. The van der Waals surface area contributed by atoms with Gasteiger partial charge in [0, 0.05) is 10.4 Å². The molecule has 0 radical (unpaired) electrons. The van der Waals surface area contributed by atoms with Crippen molar-refractivity contribution >= 4 is 39.7 Å². The summed E-state index contributed by atoms with van der Waals surface area (Å²) in [5.41, 5.74) is 7.35. The van der Waals surface area contributed by atoms with Crippen molar-refractivity contribution in [2.75, 3.05) is 5.73 Å². The fourth-order valence-electron chi connectivity index (χ4n) is 1.64. The predicted octanol–water partition coefficient (Wildman–Crippen LogP) is 4.82. The van der Waals surface area contributed by atoms with Crippen LogP contribution in [0.3, 0.4) is 0 Å². The van der Waals surface area contributed by atoms with Crippen LogP contribution < -0.4 is 5.73 Å². The highest BCUT2D eigenvalue weighted by molar-refractivity contribution is 7.15. The van der Waals surface area contributed by atoms with Gasteiger partial charge in [-0.1, -0.05) is 43.1 Å². The lowest BCUT2D eigenvalue weighted by atomic mass is 10.1. The SMILES string of the molecule is CC(C)c1sc(N)nc1-c1c(Cl)cccc1Cl. The fraction of sp³-hybridized carbons (Fsp3) is 0.250. The van der Waals surface area contributed by atoms with Crippen LogP contribution in [0, 0.1) is 0 Å². The molecule has 2 N–H and O–H groups in total. The molecule has 5 heteroatoms. The zero-order chi connectivity index (χ0) is 12.6. The van der Waals surface area contributed by atoms with Crippen molar-refractivity contribution in [3.05, 3.63) is 33.1 Å². The number of anilines is 1. The number of benzene rings is 1. The van der Waals surface area contributed by atoms with Gasteiger partial charge in [0.25, 0.3) is 0 Å². The van der Waals surface area contributed by atoms with Crippen molar-refractivity contribution in [2.45, 2.75) is 19.8 Å². The Bertz CT molecular complexity index is 529. The molecule has 2 rings (SSSR count). The van der Waals surface area contributed by atoms with Crippen LogP contribution in [0.2, 0.25) is 10.0 Å². The second kappa shape index (κ2) is 4.84. The summed E-state index contributed by atoms with van der Waals surface area (Å²) in [6, 6.07) is 5.43. The predicted molar refractivity (Wildman–Crippen MR) is 76.1 cm³/mol. The van der Waals surface area contributed by atoms with Crippen LogP contribution in [0.4, 0.5) is 5.13 Å². The summed E-state index contributed by atoms with van der Waals surface area (Å²) in [5.74, 6) is 0.340. The molecule has 0 fully saturated rings. The van der Waals surface area contributed by atoms with E-state index in [1.165, 1.54) is 11.3 Å². The molecule has 17 heavy (non-hydrogen) atoms. The third-order valence-corrected chi connectivity index (χ3v) is 4.21. The van der Waals surface area contributed by atoms with Crippen LogP contribution in [0.5, 0.6) is 0 Å². The van der Waals surface area contributed by atoms with E-state index < -0.39 is 0 Å². The van der Waals surface area contributed by atoms with Gasteiger partial charge < -0.3 is 5.73 Å². The van der Waals surface area contributed by atoms with Gasteiger partial charge in [-0.25, -0.2) is 4.98 Å². The highest BCUT2D eigenvalue weighted by Crippen LogP contribution is 2.41. The molecule has 0 amide bonds. The summed E-state index contributed by atoms with van der Waals surface area (Å²) < 4.78 is 0. The molecule has 2 nitrogen and oxygen atoms in total. The summed E-state index contributed by atoms with van der Waals surface area (Å²) in [6.07, 6.45) is 0. The maximum absolute atomic E-state index is 6.19. The van der Waals surface area contributed by atoms with E-state index in [2.05, 4.69) is 18.8 Å². The Balaban J connectivity index is 2.68. The van der Waals surface area contributed by atoms with Crippen LogP contribution in [-0.2, 0) is 0 Å². The number of hydrogen-bond acceptors (Lipinski definition) is 3. The molecule has 1 aromatic heterocycles. The van der Waals surface area contributed by atoms with Crippen LogP contribution in [0.15, 0.2) is 18.2 Å². The number of aromatic nitrogens is 1. The first-order chi connectivity index (χ1) is 8.00. The summed E-state index contributed by atoms with van der Waals surface area (Å²) in [7, 11) is 0. The first kappa shape index (κ1) is 12.7. The van der Waals surface area contributed by atoms with Gasteiger partial charge in [-0.15, -0.1) is 11.3 Å². The van der Waals surface area contributed by atoms with Gasteiger partial charge in [0.05, 0.1) is 15.7 Å². The molecule has 1 heterocycles. The van der Waals surface area contributed by atoms with Crippen molar-refractivity contribution in [1.29, 1.82) is 0 Å². The zero-order valence-electron chi connectivity index (χ0n) is 9.50. The van der Waals surface area contributed by atoms with Gasteiger partial charge in [-0.2, -0.15) is 0 Å². The second-order valence-corrected chi connectivity index (χ2v) is 5.89. The molecular weight excluding hydrogens is 275 g/mol. The molecule has 0 atom stereocenters. The van der Waals surface area contributed by atoms with Gasteiger partial charge in [0.15, 0.2) is 5.13 Å². The van der Waals surface area contributed by atoms with Crippen molar-refractivity contribution in [3.8, 4) is 11.3 Å². The van der Waals surface area contributed by atoms with E-state index >= 15 is 0 Å². The number of nitrogen functional groups attached to an aromatic ring is 1. The van der Waals surface area contributed by atoms with Crippen molar-refractivity contribution in [2.24, 2.45) is 0 Å². The first-order valence-corrected chi connectivity index (χ1v) is 6.78. The van der Waals surface area contributed by atoms with Crippen molar-refractivity contribution in [3.63, 3.8) is 0 Å². The maximum Gasteiger partial charge on any atom is 0.180 e. The lowest BCUT2D eigenvalue weighted by Crippen LogP contribution is -1.90. The highest BCUT2D eigenvalue weighted by Gasteiger charge is 2.19. The van der Waals surface area contributed by atoms with Crippen LogP contribution in [0.1, 0.15) is 24.6 Å². The van der Waals surface area contributed by atoms with Gasteiger partial charge in [-0.3, -0.25) is 0 Å². The molecule has 2 aromatic rings. The Hall–Kier alpha value is -0.770. The summed E-state index contributed by atoms with van der Waals surface area (Å²) in [4.78, 5) is 5.46. The number of thiazole rings is 1. The molecule has 0 saturated carbocycles. The number of nitrogens with zero attached hydrogens (tertiary/aromatic N) is 1. The third kappa shape index (κ3) is 2.41. The van der Waals surface area contributed by atoms with Crippen LogP contribution >= 0.6 is 34.5 Å². The van der Waals surface area contributed by atoms with E-state index in [1.54, 1.807) is 0 Å². The average molecular weight is 287 g/mol. The van der Waals surface area contributed by atoms with Gasteiger partial charge in [-0.05, 0) is 18.1 Å². The van der Waals surface area contributed by atoms with Gasteiger partial charge in [0.1, 0.15) is 0 Å². The number of hydrogen-bond donors (Lipinski definition) is 1. The minimum Gasteiger partial charge on any atom is -0.375 e. The van der Waals surface area contributed by atoms with Crippen LogP contribution in [0.25, 0.3) is 11.3 Å². The fourth-order valence-corrected chi connectivity index (χ4v) is 3.06. The van der Waals surface area contributed by atoms with Crippen LogP contribution in [-0.4, -0.2) is 4.98 Å². The molecule has 0 aliphatic carbocycles. The Morgan fingerprint density at radius 1 is 1.24 bits per heavy atom. The smallest absolute Gasteiger partial charge is 0.180 e.